The van der Waals surface area contributed by atoms with Crippen LogP contribution in [0.1, 0.15) is 63.9 Å². The Morgan fingerprint density at radius 2 is 1.70 bits per heavy atom. The van der Waals surface area contributed by atoms with E-state index in [1.54, 1.807) is 24.3 Å². The molecule has 2 amide bonds. The summed E-state index contributed by atoms with van der Waals surface area (Å²) in [6, 6.07) is 14.6. The number of hydrogen-bond acceptors (Lipinski definition) is 3. The standard InChI is InChI=1S/C27H29ClN2O2S/c1-16-9-11-17(12-10-16)24(31)30-26-23(25(32)29-21-8-6-5-7-20(21)28)19-14-13-18(27(2,3)4)15-22(19)33-26/h5-12,18H,13-15H2,1-4H3,(H,29,32)(H,30,31). The number of aryl methyl sites for hydroxylation is 1. The molecule has 0 aliphatic heterocycles. The van der Waals surface area contributed by atoms with Crippen molar-refractivity contribution >= 4 is 45.4 Å². The van der Waals surface area contributed by atoms with Crippen LogP contribution in [0.15, 0.2) is 48.5 Å². The van der Waals surface area contributed by atoms with Gasteiger partial charge in [-0.15, -0.1) is 11.3 Å². The summed E-state index contributed by atoms with van der Waals surface area (Å²) < 4.78 is 0. The average molecular weight is 481 g/mol. The third kappa shape index (κ3) is 5.15. The third-order valence-corrected chi connectivity index (χ3v) is 7.88. The molecule has 4 nitrogen and oxygen atoms in total. The minimum absolute atomic E-state index is 0.187. The number of benzene rings is 2. The summed E-state index contributed by atoms with van der Waals surface area (Å²) in [5.41, 5.74) is 4.01. The first kappa shape index (κ1) is 23.5. The number of rotatable bonds is 4. The number of nitrogens with one attached hydrogen (secondary N) is 2. The molecule has 0 saturated heterocycles. The van der Waals surface area contributed by atoms with Crippen molar-refractivity contribution in [2.45, 2.75) is 47.0 Å². The molecule has 172 valence electrons. The molecule has 0 bridgehead atoms. The van der Waals surface area contributed by atoms with Crippen LogP contribution in [0.2, 0.25) is 5.02 Å². The molecule has 2 N–H and O–H groups in total. The van der Waals surface area contributed by atoms with Crippen molar-refractivity contribution in [2.24, 2.45) is 11.3 Å². The summed E-state index contributed by atoms with van der Waals surface area (Å²) in [5.74, 6) is 0.0746. The highest BCUT2D eigenvalue weighted by Gasteiger charge is 2.34. The van der Waals surface area contributed by atoms with E-state index in [0.29, 0.717) is 32.8 Å². The molecule has 3 aromatic rings. The third-order valence-electron chi connectivity index (χ3n) is 6.38. The summed E-state index contributed by atoms with van der Waals surface area (Å²) in [6.45, 7) is 8.78. The van der Waals surface area contributed by atoms with E-state index in [1.807, 2.05) is 31.2 Å². The molecule has 1 unspecified atom stereocenters. The van der Waals surface area contributed by atoms with E-state index in [1.165, 1.54) is 16.2 Å². The summed E-state index contributed by atoms with van der Waals surface area (Å²) in [6.07, 6.45) is 2.75. The van der Waals surface area contributed by atoms with Crippen LogP contribution in [0.4, 0.5) is 10.7 Å². The van der Waals surface area contributed by atoms with Gasteiger partial charge in [-0.3, -0.25) is 9.59 Å². The van der Waals surface area contributed by atoms with E-state index in [0.717, 1.165) is 30.4 Å². The van der Waals surface area contributed by atoms with Crippen LogP contribution < -0.4 is 10.6 Å². The summed E-state index contributed by atoms with van der Waals surface area (Å²) in [5, 5.41) is 7.05. The highest BCUT2D eigenvalue weighted by atomic mass is 35.5. The lowest BCUT2D eigenvalue weighted by Gasteiger charge is -2.33. The quantitative estimate of drug-likeness (QED) is 0.409. The monoisotopic (exact) mass is 480 g/mol. The van der Waals surface area contributed by atoms with Gasteiger partial charge in [-0.25, -0.2) is 0 Å². The average Bonchev–Trinajstić information content (AvgIpc) is 3.12. The van der Waals surface area contributed by atoms with Gasteiger partial charge in [0.25, 0.3) is 11.8 Å². The van der Waals surface area contributed by atoms with E-state index in [9.17, 15) is 9.59 Å². The SMILES string of the molecule is Cc1ccc(C(=O)Nc2sc3c(c2C(=O)Nc2ccccc2Cl)CCC(C(C)(C)C)C3)cc1. The lowest BCUT2D eigenvalue weighted by atomic mass is 9.72. The second-order valence-electron chi connectivity index (χ2n) is 9.77. The number of para-hydroxylation sites is 1. The molecule has 1 aliphatic carbocycles. The summed E-state index contributed by atoms with van der Waals surface area (Å²) >= 11 is 7.80. The van der Waals surface area contributed by atoms with Crippen molar-refractivity contribution in [2.75, 3.05) is 10.6 Å². The van der Waals surface area contributed by atoms with E-state index >= 15 is 0 Å². The van der Waals surface area contributed by atoms with Gasteiger partial charge in [-0.1, -0.05) is 62.2 Å². The minimum Gasteiger partial charge on any atom is -0.321 e. The van der Waals surface area contributed by atoms with E-state index in [2.05, 4.69) is 31.4 Å². The largest absolute Gasteiger partial charge is 0.321 e. The predicted octanol–water partition coefficient (Wildman–Crippen LogP) is 7.37. The van der Waals surface area contributed by atoms with Gasteiger partial charge >= 0.3 is 0 Å². The van der Waals surface area contributed by atoms with Gasteiger partial charge in [0.1, 0.15) is 5.00 Å². The topological polar surface area (TPSA) is 58.2 Å². The van der Waals surface area contributed by atoms with Crippen LogP contribution in [0.5, 0.6) is 0 Å². The number of hydrogen-bond donors (Lipinski definition) is 2. The van der Waals surface area contributed by atoms with Gasteiger partial charge in [0, 0.05) is 10.4 Å². The number of anilines is 2. The maximum absolute atomic E-state index is 13.4. The smallest absolute Gasteiger partial charge is 0.258 e. The molecule has 1 aliphatic rings. The highest BCUT2D eigenvalue weighted by molar-refractivity contribution is 7.17. The predicted molar refractivity (Wildman–Crippen MR) is 138 cm³/mol. The Balaban J connectivity index is 1.69. The van der Waals surface area contributed by atoms with Crippen molar-refractivity contribution in [1.29, 1.82) is 0 Å². The van der Waals surface area contributed by atoms with Gasteiger partial charge in [0.2, 0.25) is 0 Å². The second kappa shape index (κ2) is 9.32. The molecule has 4 rings (SSSR count). The lowest BCUT2D eigenvalue weighted by molar-refractivity contribution is 0.102. The van der Waals surface area contributed by atoms with Crippen LogP contribution in [-0.2, 0) is 12.8 Å². The normalized spacial score (nSPS) is 15.6. The lowest BCUT2D eigenvalue weighted by Crippen LogP contribution is -2.27. The number of amides is 2. The molecule has 6 heteroatoms. The molecule has 33 heavy (non-hydrogen) atoms. The van der Waals surface area contributed by atoms with Crippen molar-refractivity contribution in [1.82, 2.24) is 0 Å². The number of halogens is 1. The van der Waals surface area contributed by atoms with Gasteiger partial charge in [-0.2, -0.15) is 0 Å². The van der Waals surface area contributed by atoms with Crippen LogP contribution in [-0.4, -0.2) is 11.8 Å². The van der Waals surface area contributed by atoms with Crippen LogP contribution >= 0.6 is 22.9 Å². The van der Waals surface area contributed by atoms with E-state index in [-0.39, 0.29) is 17.2 Å². The fraction of sp³-hybridized carbons (Fsp3) is 0.333. The van der Waals surface area contributed by atoms with Gasteiger partial charge < -0.3 is 10.6 Å². The molecule has 1 aromatic heterocycles. The molecule has 1 heterocycles. The molecular formula is C27H29ClN2O2S. The summed E-state index contributed by atoms with van der Waals surface area (Å²) in [7, 11) is 0. The number of thiophene rings is 1. The number of fused-ring (bicyclic) bond motifs is 1. The van der Waals surface area contributed by atoms with Gasteiger partial charge in [0.05, 0.1) is 16.3 Å². The maximum atomic E-state index is 13.4. The fourth-order valence-corrected chi connectivity index (χ4v) is 5.78. The first-order valence-corrected chi connectivity index (χ1v) is 12.4. The Hall–Kier alpha value is -2.63. The Labute approximate surface area is 204 Å². The van der Waals surface area contributed by atoms with Crippen molar-refractivity contribution in [3.63, 3.8) is 0 Å². The second-order valence-corrected chi connectivity index (χ2v) is 11.3. The minimum atomic E-state index is -0.242. The first-order valence-electron chi connectivity index (χ1n) is 11.2. The zero-order valence-electron chi connectivity index (χ0n) is 19.4. The Kier molecular flexibility index (Phi) is 6.64. The molecule has 0 saturated carbocycles. The van der Waals surface area contributed by atoms with Crippen molar-refractivity contribution in [3.05, 3.63) is 80.7 Å². The molecular weight excluding hydrogens is 452 g/mol. The fourth-order valence-electron chi connectivity index (χ4n) is 4.28. The molecule has 2 aromatic carbocycles. The number of carbonyl (C=O) groups is 2. The van der Waals surface area contributed by atoms with E-state index < -0.39 is 0 Å². The van der Waals surface area contributed by atoms with Gasteiger partial charge in [-0.05, 0) is 67.3 Å². The van der Waals surface area contributed by atoms with Crippen molar-refractivity contribution in [3.8, 4) is 0 Å². The van der Waals surface area contributed by atoms with E-state index in [4.69, 9.17) is 11.6 Å². The maximum Gasteiger partial charge on any atom is 0.258 e. The zero-order valence-corrected chi connectivity index (χ0v) is 21.0. The molecule has 0 radical (unpaired) electrons. The van der Waals surface area contributed by atoms with Crippen LogP contribution in [0.25, 0.3) is 0 Å². The zero-order chi connectivity index (χ0) is 23.8. The highest BCUT2D eigenvalue weighted by Crippen LogP contribution is 2.44. The molecule has 1 atom stereocenters. The summed E-state index contributed by atoms with van der Waals surface area (Å²) in [4.78, 5) is 27.6. The first-order chi connectivity index (χ1) is 15.6. The molecule has 0 spiro atoms. The van der Waals surface area contributed by atoms with Crippen LogP contribution in [0, 0.1) is 18.3 Å². The Bertz CT molecular complexity index is 1190. The van der Waals surface area contributed by atoms with Gasteiger partial charge in [0.15, 0.2) is 0 Å². The van der Waals surface area contributed by atoms with Crippen LogP contribution in [0.3, 0.4) is 0 Å². The molecule has 0 fully saturated rings. The number of carbonyl (C=O) groups excluding carboxylic acids is 2. The Morgan fingerprint density at radius 3 is 2.36 bits per heavy atom. The van der Waals surface area contributed by atoms with Crippen molar-refractivity contribution < 1.29 is 9.59 Å². The Morgan fingerprint density at radius 1 is 1.00 bits per heavy atom.